The zero-order valence-corrected chi connectivity index (χ0v) is 9.43. The number of aromatic nitrogens is 1. The number of hydrogen-bond donors (Lipinski definition) is 1. The van der Waals surface area contributed by atoms with Gasteiger partial charge in [-0.3, -0.25) is 4.57 Å². The summed E-state index contributed by atoms with van der Waals surface area (Å²) in [5.74, 6) is -0.331. The van der Waals surface area contributed by atoms with Crippen LogP contribution >= 0.6 is 0 Å². The first kappa shape index (κ1) is 10.8. The van der Waals surface area contributed by atoms with E-state index in [4.69, 9.17) is 10.2 Å². The molecule has 1 aromatic heterocycles. The van der Waals surface area contributed by atoms with Gasteiger partial charge in [-0.15, -0.1) is 0 Å². The summed E-state index contributed by atoms with van der Waals surface area (Å²) in [4.78, 5) is 13.6. The molecule has 0 aliphatic carbocycles. The quantitative estimate of drug-likeness (QED) is 0.776. The zero-order chi connectivity index (χ0) is 11.7. The summed E-state index contributed by atoms with van der Waals surface area (Å²) in [6.45, 7) is 1.40. The van der Waals surface area contributed by atoms with Crippen LogP contribution in [0.3, 0.4) is 0 Å². The van der Waals surface area contributed by atoms with E-state index in [0.29, 0.717) is 17.8 Å². The van der Waals surface area contributed by atoms with Gasteiger partial charge in [0, 0.05) is 24.8 Å². The van der Waals surface area contributed by atoms with E-state index in [2.05, 4.69) is 0 Å². The van der Waals surface area contributed by atoms with Crippen molar-refractivity contribution in [2.75, 3.05) is 26.4 Å². The fraction of sp³-hybridized carbons (Fsp3) is 0.364. The van der Waals surface area contributed by atoms with Crippen LogP contribution in [-0.2, 0) is 6.54 Å². The number of nitrogens with zero attached hydrogens (tertiary/aromatic N) is 2. The van der Waals surface area contributed by atoms with Gasteiger partial charge in [-0.05, 0) is 26.2 Å². The number of hydrogen-bond acceptors (Lipinski definition) is 4. The average molecular weight is 221 g/mol. The highest BCUT2D eigenvalue weighted by Gasteiger charge is 2.08. The molecule has 0 fully saturated rings. The van der Waals surface area contributed by atoms with Crippen molar-refractivity contribution in [3.05, 3.63) is 28.7 Å². The Hall–Kier alpha value is -1.75. The van der Waals surface area contributed by atoms with Crippen molar-refractivity contribution >= 4 is 16.8 Å². The average Bonchev–Trinajstić information content (AvgIpc) is 2.50. The van der Waals surface area contributed by atoms with E-state index in [1.54, 1.807) is 16.7 Å². The van der Waals surface area contributed by atoms with E-state index in [1.807, 2.05) is 25.1 Å². The molecule has 2 rings (SSSR count). The number of nitrogens with two attached hydrogens (primary N) is 1. The number of nitrogen functional groups attached to an aromatic ring is 1. The van der Waals surface area contributed by atoms with Crippen LogP contribution in [0.5, 0.6) is 0 Å². The molecule has 2 aromatic rings. The van der Waals surface area contributed by atoms with Gasteiger partial charge in [0.2, 0.25) is 0 Å². The van der Waals surface area contributed by atoms with Gasteiger partial charge in [0.05, 0.1) is 5.52 Å². The Kier molecular flexibility index (Phi) is 2.70. The van der Waals surface area contributed by atoms with Crippen LogP contribution in [0, 0.1) is 0 Å². The molecule has 0 aliphatic heterocycles. The lowest BCUT2D eigenvalue weighted by atomic mass is 10.3. The Morgan fingerprint density at radius 1 is 1.44 bits per heavy atom. The van der Waals surface area contributed by atoms with Crippen molar-refractivity contribution in [1.82, 2.24) is 9.47 Å². The third-order valence-corrected chi connectivity index (χ3v) is 2.46. The van der Waals surface area contributed by atoms with E-state index in [-0.39, 0.29) is 5.76 Å². The molecule has 0 saturated heterocycles. The number of anilines is 1. The molecule has 86 valence electrons. The molecule has 1 aromatic carbocycles. The lowest BCUT2D eigenvalue weighted by Crippen LogP contribution is -2.23. The second-order valence-electron chi connectivity index (χ2n) is 4.05. The summed E-state index contributed by atoms with van der Waals surface area (Å²) >= 11 is 0. The van der Waals surface area contributed by atoms with Crippen LogP contribution in [0.4, 0.5) is 5.69 Å². The first-order chi connectivity index (χ1) is 7.58. The van der Waals surface area contributed by atoms with Gasteiger partial charge in [0.25, 0.3) is 0 Å². The van der Waals surface area contributed by atoms with Gasteiger partial charge in [0.1, 0.15) is 0 Å². The summed E-state index contributed by atoms with van der Waals surface area (Å²) in [7, 11) is 3.93. The Balaban J connectivity index is 2.44. The molecule has 0 saturated carbocycles. The minimum absolute atomic E-state index is 0.331. The maximum Gasteiger partial charge on any atom is 0.419 e. The summed E-state index contributed by atoms with van der Waals surface area (Å²) < 4.78 is 6.74. The van der Waals surface area contributed by atoms with E-state index in [0.717, 1.165) is 12.1 Å². The summed E-state index contributed by atoms with van der Waals surface area (Å²) in [6.07, 6.45) is 0. The largest absolute Gasteiger partial charge is 0.419 e. The molecule has 0 unspecified atom stereocenters. The van der Waals surface area contributed by atoms with Crippen LogP contribution in [0.1, 0.15) is 0 Å². The molecule has 0 radical (unpaired) electrons. The van der Waals surface area contributed by atoms with Gasteiger partial charge in [0.15, 0.2) is 5.58 Å². The Bertz CT molecular complexity index is 554. The van der Waals surface area contributed by atoms with Gasteiger partial charge in [-0.2, -0.15) is 0 Å². The maximum absolute atomic E-state index is 11.6. The van der Waals surface area contributed by atoms with E-state index >= 15 is 0 Å². The molecular formula is C11H15N3O2. The minimum Gasteiger partial charge on any atom is -0.408 e. The van der Waals surface area contributed by atoms with Crippen LogP contribution in [0.15, 0.2) is 27.4 Å². The fourth-order valence-electron chi connectivity index (χ4n) is 1.59. The van der Waals surface area contributed by atoms with Crippen LogP contribution in [0.2, 0.25) is 0 Å². The second kappa shape index (κ2) is 4.02. The first-order valence-corrected chi connectivity index (χ1v) is 5.11. The normalized spacial score (nSPS) is 11.4. The zero-order valence-electron chi connectivity index (χ0n) is 9.43. The molecule has 0 bridgehead atoms. The minimum atomic E-state index is -0.331. The molecule has 1 heterocycles. The highest BCUT2D eigenvalue weighted by molar-refractivity contribution is 5.76. The topological polar surface area (TPSA) is 64.4 Å². The van der Waals surface area contributed by atoms with E-state index < -0.39 is 0 Å². The number of oxazole rings is 1. The molecular weight excluding hydrogens is 206 g/mol. The molecule has 5 heteroatoms. The van der Waals surface area contributed by atoms with Gasteiger partial charge in [-0.25, -0.2) is 4.79 Å². The van der Waals surface area contributed by atoms with Crippen molar-refractivity contribution in [1.29, 1.82) is 0 Å². The predicted octanol–water partition coefficient (Wildman–Crippen LogP) is 0.738. The van der Waals surface area contributed by atoms with Crippen molar-refractivity contribution in [2.24, 2.45) is 0 Å². The monoisotopic (exact) mass is 221 g/mol. The maximum atomic E-state index is 11.6. The molecule has 0 atom stereocenters. The van der Waals surface area contributed by atoms with E-state index in [9.17, 15) is 4.79 Å². The van der Waals surface area contributed by atoms with Gasteiger partial charge in [-0.1, -0.05) is 0 Å². The van der Waals surface area contributed by atoms with Crippen LogP contribution in [0.25, 0.3) is 11.1 Å². The summed E-state index contributed by atoms with van der Waals surface area (Å²) in [5.41, 5.74) is 7.56. The summed E-state index contributed by atoms with van der Waals surface area (Å²) in [5, 5.41) is 0. The second-order valence-corrected chi connectivity index (χ2v) is 4.05. The highest BCUT2D eigenvalue weighted by Crippen LogP contribution is 2.15. The third-order valence-electron chi connectivity index (χ3n) is 2.46. The van der Waals surface area contributed by atoms with Crippen molar-refractivity contribution < 1.29 is 4.42 Å². The van der Waals surface area contributed by atoms with Crippen molar-refractivity contribution in [2.45, 2.75) is 6.54 Å². The Morgan fingerprint density at radius 2 is 2.19 bits per heavy atom. The van der Waals surface area contributed by atoms with Crippen molar-refractivity contribution in [3.63, 3.8) is 0 Å². The highest BCUT2D eigenvalue weighted by atomic mass is 16.4. The molecule has 0 aliphatic rings. The van der Waals surface area contributed by atoms with Gasteiger partial charge < -0.3 is 15.1 Å². The Morgan fingerprint density at radius 3 is 2.88 bits per heavy atom. The molecule has 5 nitrogen and oxygen atoms in total. The third kappa shape index (κ3) is 1.94. The predicted molar refractivity (Wildman–Crippen MR) is 63.4 cm³/mol. The molecule has 0 spiro atoms. The van der Waals surface area contributed by atoms with Crippen LogP contribution < -0.4 is 11.5 Å². The lowest BCUT2D eigenvalue weighted by Gasteiger charge is -2.09. The number of benzene rings is 1. The number of likely N-dealkylation sites (N-methyl/N-ethyl adjacent to an activating group) is 1. The number of fused-ring (bicyclic) bond motifs is 1. The molecule has 2 N–H and O–H groups in total. The Labute approximate surface area is 93.1 Å². The standard InChI is InChI=1S/C11H15N3O2/c1-13(2)5-6-14-9-4-3-8(12)7-10(9)16-11(14)15/h3-4,7H,5-6,12H2,1-2H3. The van der Waals surface area contributed by atoms with Gasteiger partial charge >= 0.3 is 5.76 Å². The SMILES string of the molecule is CN(C)CCn1c(=O)oc2cc(N)ccc21. The molecule has 16 heavy (non-hydrogen) atoms. The smallest absolute Gasteiger partial charge is 0.408 e. The first-order valence-electron chi connectivity index (χ1n) is 5.11. The van der Waals surface area contributed by atoms with E-state index in [1.165, 1.54) is 0 Å². The molecule has 0 amide bonds. The lowest BCUT2D eigenvalue weighted by molar-refractivity contribution is 0.374. The van der Waals surface area contributed by atoms with Crippen LogP contribution in [-0.4, -0.2) is 30.1 Å². The fourth-order valence-corrected chi connectivity index (χ4v) is 1.59. The number of rotatable bonds is 3. The summed E-state index contributed by atoms with van der Waals surface area (Å²) in [6, 6.07) is 5.25. The van der Waals surface area contributed by atoms with Crippen molar-refractivity contribution in [3.8, 4) is 0 Å².